The number of para-hydroxylation sites is 1. The molecule has 2 aromatic rings. The molecule has 2 aliphatic heterocycles. The van der Waals surface area contributed by atoms with Crippen molar-refractivity contribution >= 4 is 17.6 Å². The number of urea groups is 1. The molecule has 0 bridgehead atoms. The van der Waals surface area contributed by atoms with Gasteiger partial charge in [-0.3, -0.25) is 9.48 Å². The number of nitrogens with one attached hydrogen (secondary N) is 1. The molecule has 2 saturated heterocycles. The molecule has 0 radical (unpaired) electrons. The minimum atomic E-state index is -1.01. The first-order chi connectivity index (χ1) is 13.5. The van der Waals surface area contributed by atoms with Gasteiger partial charge in [-0.25, -0.2) is 4.79 Å². The van der Waals surface area contributed by atoms with Gasteiger partial charge in [0.15, 0.2) is 0 Å². The molecule has 1 spiro atoms. The van der Waals surface area contributed by atoms with Gasteiger partial charge in [0, 0.05) is 32.0 Å². The standard InChI is InChI=1S/C19H23N5O4/c1-22-12-15(11-20-22)17(25)23-7-9-27-19(13-23)14-24(8-10-28-19)18(26)21-16-5-3-2-4-6-16/h2-6,11-12H,7-10,13-14H2,1H3,(H,21,26). The van der Waals surface area contributed by atoms with E-state index in [0.29, 0.717) is 31.9 Å². The molecule has 148 valence electrons. The van der Waals surface area contributed by atoms with E-state index in [0.717, 1.165) is 5.69 Å². The van der Waals surface area contributed by atoms with Crippen molar-refractivity contribution < 1.29 is 19.1 Å². The average Bonchev–Trinajstić information content (AvgIpc) is 3.14. The fraction of sp³-hybridized carbons (Fsp3) is 0.421. The maximum atomic E-state index is 12.8. The van der Waals surface area contributed by atoms with Crippen molar-refractivity contribution in [2.24, 2.45) is 7.05 Å². The zero-order valence-electron chi connectivity index (χ0n) is 15.7. The van der Waals surface area contributed by atoms with Crippen molar-refractivity contribution in [1.29, 1.82) is 0 Å². The van der Waals surface area contributed by atoms with E-state index in [4.69, 9.17) is 9.47 Å². The predicted molar refractivity (Wildman–Crippen MR) is 101 cm³/mol. The van der Waals surface area contributed by atoms with Crippen LogP contribution in [0.25, 0.3) is 0 Å². The summed E-state index contributed by atoms with van der Waals surface area (Å²) in [6, 6.07) is 9.07. The molecule has 1 unspecified atom stereocenters. The maximum Gasteiger partial charge on any atom is 0.322 e. The molecule has 9 heteroatoms. The normalized spacial score (nSPS) is 22.3. The summed E-state index contributed by atoms with van der Waals surface area (Å²) in [5.74, 6) is -1.13. The number of carbonyl (C=O) groups excluding carboxylic acids is 2. The molecular weight excluding hydrogens is 362 g/mol. The van der Waals surface area contributed by atoms with Crippen molar-refractivity contribution in [2.45, 2.75) is 5.79 Å². The molecule has 9 nitrogen and oxygen atoms in total. The lowest BCUT2D eigenvalue weighted by atomic mass is 10.1. The third kappa shape index (κ3) is 3.85. The number of nitrogens with zero attached hydrogens (tertiary/aromatic N) is 4. The van der Waals surface area contributed by atoms with Gasteiger partial charge in [0.2, 0.25) is 5.79 Å². The number of carbonyl (C=O) groups is 2. The molecule has 1 N–H and O–H groups in total. The first-order valence-electron chi connectivity index (χ1n) is 9.21. The maximum absolute atomic E-state index is 12.8. The molecular formula is C19H23N5O4. The highest BCUT2D eigenvalue weighted by Gasteiger charge is 2.44. The van der Waals surface area contributed by atoms with Gasteiger partial charge in [0.05, 0.1) is 38.1 Å². The molecule has 0 saturated carbocycles. The van der Waals surface area contributed by atoms with E-state index >= 15 is 0 Å². The highest BCUT2D eigenvalue weighted by atomic mass is 16.7. The van der Waals surface area contributed by atoms with Gasteiger partial charge < -0.3 is 24.6 Å². The molecule has 28 heavy (non-hydrogen) atoms. The topological polar surface area (TPSA) is 88.9 Å². The van der Waals surface area contributed by atoms with Crippen molar-refractivity contribution in [2.75, 3.05) is 44.7 Å². The number of aryl methyl sites for hydroxylation is 1. The second-order valence-corrected chi connectivity index (χ2v) is 6.95. The van der Waals surface area contributed by atoms with Crippen LogP contribution in [0.3, 0.4) is 0 Å². The number of aromatic nitrogens is 2. The second kappa shape index (κ2) is 7.61. The summed E-state index contributed by atoms with van der Waals surface area (Å²) in [4.78, 5) is 28.8. The lowest BCUT2D eigenvalue weighted by Crippen LogP contribution is -2.64. The summed E-state index contributed by atoms with van der Waals surface area (Å²) in [6.07, 6.45) is 3.23. The Kier molecular flexibility index (Phi) is 5.01. The van der Waals surface area contributed by atoms with E-state index in [-0.39, 0.29) is 25.0 Å². The third-order valence-electron chi connectivity index (χ3n) is 4.87. The van der Waals surface area contributed by atoms with Crippen LogP contribution in [0.4, 0.5) is 10.5 Å². The van der Waals surface area contributed by atoms with Crippen molar-refractivity contribution in [3.05, 3.63) is 48.3 Å². The van der Waals surface area contributed by atoms with Crippen molar-refractivity contribution in [3.8, 4) is 0 Å². The summed E-state index contributed by atoms with van der Waals surface area (Å²) >= 11 is 0. The first kappa shape index (κ1) is 18.5. The van der Waals surface area contributed by atoms with Crippen LogP contribution in [0.1, 0.15) is 10.4 Å². The SMILES string of the molecule is Cn1cc(C(=O)N2CCOC3(CN(C(=O)Nc4ccccc4)CCO3)C2)cn1. The van der Waals surface area contributed by atoms with E-state index in [1.165, 1.54) is 0 Å². The van der Waals surface area contributed by atoms with Crippen molar-refractivity contribution in [3.63, 3.8) is 0 Å². The molecule has 2 aliphatic rings. The van der Waals surface area contributed by atoms with Crippen LogP contribution < -0.4 is 5.32 Å². The van der Waals surface area contributed by atoms with Gasteiger partial charge in [-0.05, 0) is 12.1 Å². The molecule has 4 rings (SSSR count). The number of anilines is 1. The van der Waals surface area contributed by atoms with Gasteiger partial charge >= 0.3 is 6.03 Å². The number of morpholine rings is 2. The number of hydrogen-bond donors (Lipinski definition) is 1. The van der Waals surface area contributed by atoms with Crippen LogP contribution in [0.2, 0.25) is 0 Å². The summed E-state index contributed by atoms with van der Waals surface area (Å²) in [6.45, 7) is 2.13. The monoisotopic (exact) mass is 385 g/mol. The van der Waals surface area contributed by atoms with E-state index in [2.05, 4.69) is 10.4 Å². The molecule has 0 aliphatic carbocycles. The largest absolute Gasteiger partial charge is 0.345 e. The summed E-state index contributed by atoms with van der Waals surface area (Å²) in [5.41, 5.74) is 1.25. The predicted octanol–water partition coefficient (Wildman–Crippen LogP) is 1.15. The number of ether oxygens (including phenoxy) is 2. The van der Waals surface area contributed by atoms with E-state index < -0.39 is 5.79 Å². The van der Waals surface area contributed by atoms with Crippen LogP contribution >= 0.6 is 0 Å². The zero-order chi connectivity index (χ0) is 19.6. The van der Waals surface area contributed by atoms with Gasteiger partial charge in [0.1, 0.15) is 0 Å². The Balaban J connectivity index is 1.43. The Bertz CT molecular complexity index is 851. The molecule has 3 amide bonds. The molecule has 3 heterocycles. The Morgan fingerprint density at radius 3 is 2.43 bits per heavy atom. The second-order valence-electron chi connectivity index (χ2n) is 6.95. The van der Waals surface area contributed by atoms with E-state index in [1.807, 2.05) is 30.3 Å². The quantitative estimate of drug-likeness (QED) is 0.838. The van der Waals surface area contributed by atoms with Crippen LogP contribution in [-0.4, -0.2) is 76.7 Å². The average molecular weight is 385 g/mol. The van der Waals surface area contributed by atoms with Gasteiger partial charge in [-0.1, -0.05) is 18.2 Å². The molecule has 1 aromatic heterocycles. The van der Waals surface area contributed by atoms with Crippen LogP contribution in [0.5, 0.6) is 0 Å². The Labute approximate surface area is 162 Å². The van der Waals surface area contributed by atoms with Crippen LogP contribution in [0.15, 0.2) is 42.7 Å². The summed E-state index contributed by atoms with van der Waals surface area (Å²) in [5, 5.41) is 6.94. The summed E-state index contributed by atoms with van der Waals surface area (Å²) in [7, 11) is 1.77. The van der Waals surface area contributed by atoms with Gasteiger partial charge in [-0.2, -0.15) is 5.10 Å². The first-order valence-corrected chi connectivity index (χ1v) is 9.21. The minimum Gasteiger partial charge on any atom is -0.345 e. The Morgan fingerprint density at radius 2 is 1.75 bits per heavy atom. The third-order valence-corrected chi connectivity index (χ3v) is 4.87. The van der Waals surface area contributed by atoms with Gasteiger partial charge in [-0.15, -0.1) is 0 Å². The molecule has 1 aromatic carbocycles. The smallest absolute Gasteiger partial charge is 0.322 e. The molecule has 1 atom stereocenters. The number of rotatable bonds is 2. The fourth-order valence-electron chi connectivity index (χ4n) is 3.48. The van der Waals surface area contributed by atoms with Crippen molar-refractivity contribution in [1.82, 2.24) is 19.6 Å². The zero-order valence-corrected chi connectivity index (χ0v) is 15.7. The lowest BCUT2D eigenvalue weighted by molar-refractivity contribution is -0.281. The van der Waals surface area contributed by atoms with E-state index in [9.17, 15) is 9.59 Å². The summed E-state index contributed by atoms with van der Waals surface area (Å²) < 4.78 is 13.4. The fourth-order valence-corrected chi connectivity index (χ4v) is 3.48. The number of benzene rings is 1. The van der Waals surface area contributed by atoms with Crippen LogP contribution in [0, 0.1) is 0 Å². The highest BCUT2D eigenvalue weighted by molar-refractivity contribution is 5.94. The molecule has 2 fully saturated rings. The van der Waals surface area contributed by atoms with Crippen LogP contribution in [-0.2, 0) is 16.5 Å². The lowest BCUT2D eigenvalue weighted by Gasteiger charge is -2.47. The Hall–Kier alpha value is -2.91. The number of hydrogen-bond acceptors (Lipinski definition) is 5. The number of amides is 3. The van der Waals surface area contributed by atoms with Gasteiger partial charge in [0.25, 0.3) is 5.91 Å². The highest BCUT2D eigenvalue weighted by Crippen LogP contribution is 2.26. The Morgan fingerprint density at radius 1 is 1.07 bits per heavy atom. The van der Waals surface area contributed by atoms with E-state index in [1.54, 1.807) is 33.9 Å². The minimum absolute atomic E-state index is 0.120.